The highest BCUT2D eigenvalue weighted by Crippen LogP contribution is 2.26. The number of hydrogen-bond donors (Lipinski definition) is 1. The molecule has 2 amide bonds. The fourth-order valence-electron chi connectivity index (χ4n) is 4.59. The first-order valence-corrected chi connectivity index (χ1v) is 15.5. The standard InChI is InChI=1S/C33H34ClN3O4S/c1-25(2)35-33(39)31(22-26-14-6-3-7-15-26)36(23-27-16-12-13-21-30(27)34)32(38)24-37(28-17-8-4-9-18-28)42(40,41)29-19-10-5-11-20-29/h3-21,25,31H,22-24H2,1-2H3,(H,35,39)/t31-/m1/s1. The van der Waals surface area contributed by atoms with Crippen molar-refractivity contribution in [1.29, 1.82) is 0 Å². The summed E-state index contributed by atoms with van der Waals surface area (Å²) in [5.41, 5.74) is 1.83. The quantitative estimate of drug-likeness (QED) is 0.225. The Bertz CT molecular complexity index is 1580. The van der Waals surface area contributed by atoms with E-state index in [1.165, 1.54) is 17.0 Å². The second kappa shape index (κ2) is 14.2. The van der Waals surface area contributed by atoms with E-state index in [4.69, 9.17) is 11.6 Å². The van der Waals surface area contributed by atoms with E-state index >= 15 is 0 Å². The van der Waals surface area contributed by atoms with Gasteiger partial charge in [0, 0.05) is 24.0 Å². The van der Waals surface area contributed by atoms with E-state index in [1.54, 1.807) is 72.8 Å². The van der Waals surface area contributed by atoms with Gasteiger partial charge in [0.05, 0.1) is 10.6 Å². The van der Waals surface area contributed by atoms with Crippen LogP contribution in [-0.4, -0.2) is 43.8 Å². The number of hydrogen-bond acceptors (Lipinski definition) is 4. The number of carbonyl (C=O) groups is 2. The van der Waals surface area contributed by atoms with Gasteiger partial charge in [-0.25, -0.2) is 8.42 Å². The molecule has 9 heteroatoms. The summed E-state index contributed by atoms with van der Waals surface area (Å²) >= 11 is 6.51. The van der Waals surface area contributed by atoms with Gasteiger partial charge < -0.3 is 10.2 Å². The third-order valence-electron chi connectivity index (χ3n) is 6.65. The van der Waals surface area contributed by atoms with Crippen molar-refractivity contribution >= 4 is 39.1 Å². The third-order valence-corrected chi connectivity index (χ3v) is 8.81. The first kappa shape index (κ1) is 30.8. The van der Waals surface area contributed by atoms with Crippen LogP contribution >= 0.6 is 11.6 Å². The van der Waals surface area contributed by atoms with Crippen LogP contribution in [0.5, 0.6) is 0 Å². The third kappa shape index (κ3) is 7.78. The van der Waals surface area contributed by atoms with Crippen molar-refractivity contribution in [2.45, 2.75) is 43.8 Å². The van der Waals surface area contributed by atoms with E-state index in [9.17, 15) is 18.0 Å². The fourth-order valence-corrected chi connectivity index (χ4v) is 6.22. The monoisotopic (exact) mass is 603 g/mol. The van der Waals surface area contributed by atoms with Crippen LogP contribution in [0.2, 0.25) is 5.02 Å². The number of para-hydroxylation sites is 1. The average molecular weight is 604 g/mol. The highest BCUT2D eigenvalue weighted by Gasteiger charge is 2.35. The number of halogens is 1. The lowest BCUT2D eigenvalue weighted by atomic mass is 10.0. The van der Waals surface area contributed by atoms with E-state index in [-0.39, 0.29) is 29.8 Å². The number of amides is 2. The van der Waals surface area contributed by atoms with Gasteiger partial charge in [0.2, 0.25) is 11.8 Å². The second-order valence-electron chi connectivity index (χ2n) is 10.1. The first-order chi connectivity index (χ1) is 20.2. The zero-order valence-corrected chi connectivity index (χ0v) is 25.1. The summed E-state index contributed by atoms with van der Waals surface area (Å²) in [5, 5.41) is 3.38. The average Bonchev–Trinajstić information content (AvgIpc) is 2.99. The maximum absolute atomic E-state index is 14.3. The first-order valence-electron chi connectivity index (χ1n) is 13.7. The molecule has 0 aliphatic rings. The molecule has 0 aromatic heterocycles. The van der Waals surface area contributed by atoms with Crippen LogP contribution in [0.3, 0.4) is 0 Å². The van der Waals surface area contributed by atoms with E-state index in [2.05, 4.69) is 5.32 Å². The number of sulfonamides is 1. The molecule has 4 aromatic carbocycles. The zero-order valence-electron chi connectivity index (χ0n) is 23.6. The van der Waals surface area contributed by atoms with Gasteiger partial charge in [0.15, 0.2) is 0 Å². The van der Waals surface area contributed by atoms with Gasteiger partial charge in [-0.3, -0.25) is 13.9 Å². The molecule has 0 fully saturated rings. The molecule has 0 spiro atoms. The summed E-state index contributed by atoms with van der Waals surface area (Å²) in [6.07, 6.45) is 0.229. The molecule has 1 atom stereocenters. The molecular weight excluding hydrogens is 570 g/mol. The predicted octanol–water partition coefficient (Wildman–Crippen LogP) is 5.70. The topological polar surface area (TPSA) is 86.8 Å². The molecule has 0 unspecified atom stereocenters. The van der Waals surface area contributed by atoms with Gasteiger partial charge in [0.1, 0.15) is 12.6 Å². The molecule has 4 rings (SSSR count). The molecule has 42 heavy (non-hydrogen) atoms. The minimum absolute atomic E-state index is 0.00946. The number of nitrogens with zero attached hydrogens (tertiary/aromatic N) is 2. The van der Waals surface area contributed by atoms with Gasteiger partial charge in [-0.05, 0) is 55.3 Å². The van der Waals surface area contributed by atoms with E-state index in [0.717, 1.165) is 9.87 Å². The molecule has 0 radical (unpaired) electrons. The van der Waals surface area contributed by atoms with Crippen LogP contribution in [0, 0.1) is 0 Å². The number of benzene rings is 4. The van der Waals surface area contributed by atoms with Crippen LogP contribution in [0.15, 0.2) is 120 Å². The van der Waals surface area contributed by atoms with Crippen molar-refractivity contribution in [1.82, 2.24) is 10.2 Å². The second-order valence-corrected chi connectivity index (χ2v) is 12.4. The molecule has 0 saturated heterocycles. The van der Waals surface area contributed by atoms with Gasteiger partial charge in [-0.2, -0.15) is 0 Å². The van der Waals surface area contributed by atoms with E-state index < -0.39 is 28.5 Å². The number of carbonyl (C=O) groups excluding carboxylic acids is 2. The summed E-state index contributed by atoms with van der Waals surface area (Å²) in [4.78, 5) is 29.5. The van der Waals surface area contributed by atoms with Gasteiger partial charge in [0.25, 0.3) is 10.0 Å². The molecule has 0 saturated carbocycles. The molecule has 0 bridgehead atoms. The van der Waals surface area contributed by atoms with Crippen LogP contribution in [-0.2, 0) is 32.6 Å². The molecule has 7 nitrogen and oxygen atoms in total. The Balaban J connectivity index is 1.79. The molecule has 0 aliphatic carbocycles. The Morgan fingerprint density at radius 3 is 1.93 bits per heavy atom. The van der Waals surface area contributed by atoms with Crippen molar-refractivity contribution in [2.75, 3.05) is 10.8 Å². The summed E-state index contributed by atoms with van der Waals surface area (Å²) in [6, 6.07) is 31.8. The predicted molar refractivity (Wildman–Crippen MR) is 167 cm³/mol. The number of nitrogens with one attached hydrogen (secondary N) is 1. The molecule has 218 valence electrons. The minimum atomic E-state index is -4.13. The fraction of sp³-hybridized carbons (Fsp3) is 0.212. The van der Waals surface area contributed by atoms with Gasteiger partial charge in [-0.1, -0.05) is 96.5 Å². The Morgan fingerprint density at radius 2 is 1.33 bits per heavy atom. The highest BCUT2D eigenvalue weighted by atomic mass is 35.5. The van der Waals surface area contributed by atoms with Crippen molar-refractivity contribution < 1.29 is 18.0 Å². The number of anilines is 1. The number of rotatable bonds is 12. The highest BCUT2D eigenvalue weighted by molar-refractivity contribution is 7.92. The largest absolute Gasteiger partial charge is 0.352 e. The normalized spacial score (nSPS) is 12.0. The Morgan fingerprint density at radius 1 is 0.786 bits per heavy atom. The maximum Gasteiger partial charge on any atom is 0.264 e. The van der Waals surface area contributed by atoms with E-state index in [0.29, 0.717) is 16.3 Å². The van der Waals surface area contributed by atoms with Crippen LogP contribution in [0.4, 0.5) is 5.69 Å². The summed E-state index contributed by atoms with van der Waals surface area (Å²) < 4.78 is 28.9. The van der Waals surface area contributed by atoms with Gasteiger partial charge >= 0.3 is 0 Å². The summed E-state index contributed by atoms with van der Waals surface area (Å²) in [7, 11) is -4.13. The summed E-state index contributed by atoms with van der Waals surface area (Å²) in [6.45, 7) is 3.18. The Hall–Kier alpha value is -4.14. The van der Waals surface area contributed by atoms with Crippen LogP contribution in [0.1, 0.15) is 25.0 Å². The smallest absolute Gasteiger partial charge is 0.264 e. The lowest BCUT2D eigenvalue weighted by Gasteiger charge is -2.34. The van der Waals surface area contributed by atoms with Gasteiger partial charge in [-0.15, -0.1) is 0 Å². The Kier molecular flexibility index (Phi) is 10.4. The molecule has 1 N–H and O–H groups in total. The van der Waals surface area contributed by atoms with Crippen molar-refractivity contribution in [3.8, 4) is 0 Å². The molecule has 0 heterocycles. The lowest BCUT2D eigenvalue weighted by molar-refractivity contribution is -0.140. The minimum Gasteiger partial charge on any atom is -0.352 e. The SMILES string of the molecule is CC(C)NC(=O)[C@@H](Cc1ccccc1)N(Cc1ccccc1Cl)C(=O)CN(c1ccccc1)S(=O)(=O)c1ccccc1. The van der Waals surface area contributed by atoms with Crippen molar-refractivity contribution in [3.63, 3.8) is 0 Å². The van der Waals surface area contributed by atoms with Crippen LogP contribution < -0.4 is 9.62 Å². The van der Waals surface area contributed by atoms with Crippen molar-refractivity contribution in [2.24, 2.45) is 0 Å². The molecule has 0 aliphatic heterocycles. The van der Waals surface area contributed by atoms with Crippen molar-refractivity contribution in [3.05, 3.63) is 131 Å². The maximum atomic E-state index is 14.3. The zero-order chi connectivity index (χ0) is 30.1. The van der Waals surface area contributed by atoms with E-state index in [1.807, 2.05) is 44.2 Å². The molecular formula is C33H34ClN3O4S. The molecule has 4 aromatic rings. The summed E-state index contributed by atoms with van der Waals surface area (Å²) in [5.74, 6) is -0.885. The Labute approximate surface area is 252 Å². The lowest BCUT2D eigenvalue weighted by Crippen LogP contribution is -2.54. The van der Waals surface area contributed by atoms with Crippen LogP contribution in [0.25, 0.3) is 0 Å².